The van der Waals surface area contributed by atoms with Gasteiger partial charge in [0.05, 0.1) is 6.61 Å². The summed E-state index contributed by atoms with van der Waals surface area (Å²) in [5, 5.41) is 15.1. The predicted octanol–water partition coefficient (Wildman–Crippen LogP) is 1.01. The lowest BCUT2D eigenvalue weighted by Gasteiger charge is -2.12. The first-order valence-corrected chi connectivity index (χ1v) is 5.12. The Hall–Kier alpha value is -1.36. The lowest BCUT2D eigenvalue weighted by atomic mass is 10.3. The number of anilines is 2. The third-order valence-corrected chi connectivity index (χ3v) is 1.86. The van der Waals surface area contributed by atoms with Gasteiger partial charge >= 0.3 is 0 Å². The van der Waals surface area contributed by atoms with Crippen molar-refractivity contribution in [2.45, 2.75) is 26.8 Å². The molecule has 0 spiro atoms. The van der Waals surface area contributed by atoms with E-state index in [2.05, 4.69) is 20.6 Å². The second-order valence-corrected chi connectivity index (χ2v) is 3.48. The van der Waals surface area contributed by atoms with Crippen LogP contribution in [0.4, 0.5) is 11.8 Å². The SMILES string of the molecule is CCNc1nc(C)cc(NC(C)CO)n1. The minimum absolute atomic E-state index is 0.00576. The summed E-state index contributed by atoms with van der Waals surface area (Å²) in [7, 11) is 0. The molecule has 5 nitrogen and oxygen atoms in total. The van der Waals surface area contributed by atoms with Crippen molar-refractivity contribution in [3.63, 3.8) is 0 Å². The molecule has 0 radical (unpaired) electrons. The molecule has 0 fully saturated rings. The molecule has 0 saturated carbocycles. The fourth-order valence-corrected chi connectivity index (χ4v) is 1.18. The van der Waals surface area contributed by atoms with Gasteiger partial charge in [-0.1, -0.05) is 0 Å². The average Bonchev–Trinajstić information content (AvgIpc) is 2.17. The Balaban J connectivity index is 2.78. The molecule has 0 bridgehead atoms. The molecule has 1 heterocycles. The standard InChI is InChI=1S/C10H18N4O/c1-4-11-10-13-7(2)5-9(14-10)12-8(3)6-15/h5,8,15H,4,6H2,1-3H3,(H2,11,12,13,14). The van der Waals surface area contributed by atoms with Crippen molar-refractivity contribution < 1.29 is 5.11 Å². The van der Waals surface area contributed by atoms with E-state index in [4.69, 9.17) is 5.11 Å². The first kappa shape index (κ1) is 11.7. The molecule has 0 aliphatic carbocycles. The molecule has 0 aliphatic rings. The highest BCUT2D eigenvalue weighted by Crippen LogP contribution is 2.10. The fourth-order valence-electron chi connectivity index (χ4n) is 1.18. The van der Waals surface area contributed by atoms with Crippen LogP contribution in [0.3, 0.4) is 0 Å². The molecule has 0 amide bonds. The van der Waals surface area contributed by atoms with Crippen LogP contribution in [0, 0.1) is 6.92 Å². The zero-order valence-electron chi connectivity index (χ0n) is 9.41. The summed E-state index contributed by atoms with van der Waals surface area (Å²) in [6, 6.07) is 1.85. The predicted molar refractivity (Wildman–Crippen MR) is 61.1 cm³/mol. The molecule has 15 heavy (non-hydrogen) atoms. The molecule has 1 rings (SSSR count). The summed E-state index contributed by atoms with van der Waals surface area (Å²) in [6.45, 7) is 6.68. The van der Waals surface area contributed by atoms with Gasteiger partial charge in [0.15, 0.2) is 0 Å². The van der Waals surface area contributed by atoms with Crippen LogP contribution in [0.25, 0.3) is 0 Å². The summed E-state index contributed by atoms with van der Waals surface area (Å²) >= 11 is 0. The minimum atomic E-state index is -0.00576. The van der Waals surface area contributed by atoms with Crippen LogP contribution in [0.2, 0.25) is 0 Å². The molecule has 0 aliphatic heterocycles. The van der Waals surface area contributed by atoms with Gasteiger partial charge in [0.25, 0.3) is 0 Å². The van der Waals surface area contributed by atoms with Gasteiger partial charge in [-0.3, -0.25) is 0 Å². The number of hydrogen-bond acceptors (Lipinski definition) is 5. The van der Waals surface area contributed by atoms with E-state index in [1.54, 1.807) is 0 Å². The van der Waals surface area contributed by atoms with Gasteiger partial charge < -0.3 is 15.7 Å². The molecule has 1 unspecified atom stereocenters. The van der Waals surface area contributed by atoms with Gasteiger partial charge in [-0.15, -0.1) is 0 Å². The van der Waals surface area contributed by atoms with Crippen molar-refractivity contribution in [1.82, 2.24) is 9.97 Å². The van der Waals surface area contributed by atoms with E-state index in [0.29, 0.717) is 5.95 Å². The molecule has 3 N–H and O–H groups in total. The van der Waals surface area contributed by atoms with E-state index in [0.717, 1.165) is 18.1 Å². The van der Waals surface area contributed by atoms with Crippen molar-refractivity contribution in [3.05, 3.63) is 11.8 Å². The molecule has 1 aromatic rings. The lowest BCUT2D eigenvalue weighted by molar-refractivity contribution is 0.281. The van der Waals surface area contributed by atoms with Gasteiger partial charge in [-0.05, 0) is 20.8 Å². The molecular formula is C10H18N4O. The van der Waals surface area contributed by atoms with Crippen molar-refractivity contribution in [2.24, 2.45) is 0 Å². The number of nitrogens with zero attached hydrogens (tertiary/aromatic N) is 2. The zero-order chi connectivity index (χ0) is 11.3. The number of hydrogen-bond donors (Lipinski definition) is 3. The van der Waals surface area contributed by atoms with Crippen molar-refractivity contribution in [1.29, 1.82) is 0 Å². The van der Waals surface area contributed by atoms with Crippen LogP contribution in [-0.4, -0.2) is 34.3 Å². The van der Waals surface area contributed by atoms with E-state index in [1.165, 1.54) is 0 Å². The highest BCUT2D eigenvalue weighted by atomic mass is 16.3. The van der Waals surface area contributed by atoms with Crippen LogP contribution in [0.1, 0.15) is 19.5 Å². The van der Waals surface area contributed by atoms with E-state index in [-0.39, 0.29) is 12.6 Å². The maximum atomic E-state index is 8.92. The van der Waals surface area contributed by atoms with Crippen LogP contribution in [0.15, 0.2) is 6.07 Å². The number of rotatable bonds is 5. The van der Waals surface area contributed by atoms with Crippen molar-refractivity contribution in [2.75, 3.05) is 23.8 Å². The maximum Gasteiger partial charge on any atom is 0.224 e. The van der Waals surface area contributed by atoms with E-state index >= 15 is 0 Å². The smallest absolute Gasteiger partial charge is 0.224 e. The Morgan fingerprint density at radius 1 is 1.47 bits per heavy atom. The largest absolute Gasteiger partial charge is 0.394 e. The second kappa shape index (κ2) is 5.50. The highest BCUT2D eigenvalue weighted by Gasteiger charge is 2.04. The topological polar surface area (TPSA) is 70.1 Å². The molecule has 84 valence electrons. The van der Waals surface area contributed by atoms with E-state index in [1.807, 2.05) is 26.8 Å². The first-order chi connectivity index (χ1) is 7.15. The van der Waals surface area contributed by atoms with Gasteiger partial charge in [0.1, 0.15) is 5.82 Å². The van der Waals surface area contributed by atoms with Crippen molar-refractivity contribution in [3.8, 4) is 0 Å². The van der Waals surface area contributed by atoms with Crippen LogP contribution >= 0.6 is 0 Å². The molecule has 1 atom stereocenters. The van der Waals surface area contributed by atoms with Gasteiger partial charge in [0.2, 0.25) is 5.95 Å². The molecule has 5 heteroatoms. The zero-order valence-corrected chi connectivity index (χ0v) is 9.41. The highest BCUT2D eigenvalue weighted by molar-refractivity contribution is 5.42. The number of aliphatic hydroxyl groups excluding tert-OH is 1. The summed E-state index contributed by atoms with van der Waals surface area (Å²) in [4.78, 5) is 8.50. The Morgan fingerprint density at radius 2 is 2.20 bits per heavy atom. The van der Waals surface area contributed by atoms with E-state index < -0.39 is 0 Å². The fraction of sp³-hybridized carbons (Fsp3) is 0.600. The third-order valence-electron chi connectivity index (χ3n) is 1.86. The summed E-state index contributed by atoms with van der Waals surface area (Å²) < 4.78 is 0. The van der Waals surface area contributed by atoms with E-state index in [9.17, 15) is 0 Å². The number of nitrogens with one attached hydrogen (secondary N) is 2. The molecule has 1 aromatic heterocycles. The summed E-state index contributed by atoms with van der Waals surface area (Å²) in [5.74, 6) is 1.35. The Kier molecular flexibility index (Phi) is 4.30. The average molecular weight is 210 g/mol. The Labute approximate surface area is 90.0 Å². The maximum absolute atomic E-state index is 8.92. The number of aromatic nitrogens is 2. The van der Waals surface area contributed by atoms with Crippen LogP contribution in [0.5, 0.6) is 0 Å². The molecule has 0 saturated heterocycles. The van der Waals surface area contributed by atoms with Crippen LogP contribution in [-0.2, 0) is 0 Å². The lowest BCUT2D eigenvalue weighted by Crippen LogP contribution is -2.20. The monoisotopic (exact) mass is 210 g/mol. The Morgan fingerprint density at radius 3 is 2.80 bits per heavy atom. The summed E-state index contributed by atoms with van der Waals surface area (Å²) in [5.41, 5.74) is 0.897. The second-order valence-electron chi connectivity index (χ2n) is 3.48. The molecular weight excluding hydrogens is 192 g/mol. The van der Waals surface area contributed by atoms with Gasteiger partial charge in [0, 0.05) is 24.3 Å². The molecule has 0 aromatic carbocycles. The number of aryl methyl sites for hydroxylation is 1. The third kappa shape index (κ3) is 3.71. The van der Waals surface area contributed by atoms with Gasteiger partial charge in [-0.25, -0.2) is 4.98 Å². The van der Waals surface area contributed by atoms with Gasteiger partial charge in [-0.2, -0.15) is 4.98 Å². The summed E-state index contributed by atoms with van der Waals surface area (Å²) in [6.07, 6.45) is 0. The quantitative estimate of drug-likeness (QED) is 0.676. The Bertz CT molecular complexity index is 316. The van der Waals surface area contributed by atoms with Crippen LogP contribution < -0.4 is 10.6 Å². The number of aliphatic hydroxyl groups is 1. The normalized spacial score (nSPS) is 12.3. The first-order valence-electron chi connectivity index (χ1n) is 5.12. The minimum Gasteiger partial charge on any atom is -0.394 e. The van der Waals surface area contributed by atoms with Crippen molar-refractivity contribution >= 4 is 11.8 Å².